The van der Waals surface area contributed by atoms with Crippen molar-refractivity contribution in [3.8, 4) is 0 Å². The Labute approximate surface area is 113 Å². The van der Waals surface area contributed by atoms with E-state index in [0.29, 0.717) is 17.4 Å². The molecule has 0 aliphatic heterocycles. The quantitative estimate of drug-likeness (QED) is 0.617. The van der Waals surface area contributed by atoms with Gasteiger partial charge in [0.1, 0.15) is 5.82 Å². The molecular formula is C15H20ClFO. The molecule has 0 saturated carbocycles. The van der Waals surface area contributed by atoms with E-state index in [1.165, 1.54) is 12.1 Å². The van der Waals surface area contributed by atoms with Gasteiger partial charge in [0.25, 0.3) is 0 Å². The SMILES string of the molecule is CCCCC(CC)CC(=O)c1ccc(Cl)cc1F. The molecule has 0 aromatic heterocycles. The molecule has 0 saturated heterocycles. The third-order valence-electron chi connectivity index (χ3n) is 3.25. The molecule has 1 aromatic carbocycles. The molecule has 0 N–H and O–H groups in total. The second kappa shape index (κ2) is 7.52. The predicted molar refractivity (Wildman–Crippen MR) is 73.7 cm³/mol. The molecule has 1 nitrogen and oxygen atoms in total. The summed E-state index contributed by atoms with van der Waals surface area (Å²) in [6, 6.07) is 4.24. The van der Waals surface area contributed by atoms with Gasteiger partial charge in [-0.25, -0.2) is 4.39 Å². The first kappa shape index (κ1) is 15.2. The highest BCUT2D eigenvalue weighted by Gasteiger charge is 2.16. The molecule has 0 aliphatic rings. The number of ketones is 1. The van der Waals surface area contributed by atoms with Gasteiger partial charge in [-0.1, -0.05) is 51.1 Å². The zero-order valence-corrected chi connectivity index (χ0v) is 11.8. The van der Waals surface area contributed by atoms with Gasteiger partial charge in [0.15, 0.2) is 5.78 Å². The van der Waals surface area contributed by atoms with E-state index in [9.17, 15) is 9.18 Å². The zero-order chi connectivity index (χ0) is 13.5. The fourth-order valence-electron chi connectivity index (χ4n) is 2.03. The van der Waals surface area contributed by atoms with E-state index in [2.05, 4.69) is 13.8 Å². The monoisotopic (exact) mass is 270 g/mol. The largest absolute Gasteiger partial charge is 0.294 e. The van der Waals surface area contributed by atoms with Crippen LogP contribution in [-0.2, 0) is 0 Å². The van der Waals surface area contributed by atoms with E-state index >= 15 is 0 Å². The molecule has 18 heavy (non-hydrogen) atoms. The molecule has 0 fully saturated rings. The van der Waals surface area contributed by atoms with Crippen LogP contribution in [0.25, 0.3) is 0 Å². The summed E-state index contributed by atoms with van der Waals surface area (Å²) in [6.45, 7) is 4.21. The van der Waals surface area contributed by atoms with Crippen molar-refractivity contribution < 1.29 is 9.18 Å². The van der Waals surface area contributed by atoms with Crippen molar-refractivity contribution in [2.45, 2.75) is 46.0 Å². The van der Waals surface area contributed by atoms with Crippen LogP contribution in [0.1, 0.15) is 56.3 Å². The summed E-state index contributed by atoms with van der Waals surface area (Å²) >= 11 is 5.67. The molecule has 0 radical (unpaired) electrons. The Morgan fingerprint density at radius 2 is 2.11 bits per heavy atom. The zero-order valence-electron chi connectivity index (χ0n) is 11.0. The number of rotatable bonds is 7. The summed E-state index contributed by atoms with van der Waals surface area (Å²) in [5.74, 6) is -0.280. The third-order valence-corrected chi connectivity index (χ3v) is 3.48. The number of hydrogen-bond acceptors (Lipinski definition) is 1. The standard InChI is InChI=1S/C15H20ClFO/c1-3-5-6-11(4-2)9-15(18)13-8-7-12(16)10-14(13)17/h7-8,10-11H,3-6,9H2,1-2H3. The molecule has 0 bridgehead atoms. The Kier molecular flexibility index (Phi) is 6.34. The number of benzene rings is 1. The van der Waals surface area contributed by atoms with E-state index in [1.54, 1.807) is 6.07 Å². The predicted octanol–water partition coefficient (Wildman–Crippen LogP) is 5.27. The van der Waals surface area contributed by atoms with Crippen LogP contribution in [0.2, 0.25) is 5.02 Å². The van der Waals surface area contributed by atoms with Crippen molar-refractivity contribution in [2.24, 2.45) is 5.92 Å². The Morgan fingerprint density at radius 1 is 1.39 bits per heavy atom. The molecule has 0 aliphatic carbocycles. The molecule has 3 heteroatoms. The maximum atomic E-state index is 13.6. The Balaban J connectivity index is 2.68. The number of Topliss-reactive ketones (excluding diaryl/α,β-unsaturated/α-hetero) is 1. The lowest BCUT2D eigenvalue weighted by molar-refractivity contribution is 0.0953. The van der Waals surface area contributed by atoms with Crippen molar-refractivity contribution in [2.75, 3.05) is 0 Å². The summed E-state index contributed by atoms with van der Waals surface area (Å²) in [6.07, 6.45) is 4.67. The van der Waals surface area contributed by atoms with E-state index in [4.69, 9.17) is 11.6 Å². The Morgan fingerprint density at radius 3 is 2.67 bits per heavy atom. The summed E-state index contributed by atoms with van der Waals surface area (Å²) in [5, 5.41) is 0.321. The van der Waals surface area contributed by atoms with Crippen LogP contribution < -0.4 is 0 Å². The minimum Gasteiger partial charge on any atom is -0.294 e. The number of carbonyl (C=O) groups is 1. The number of hydrogen-bond donors (Lipinski definition) is 0. The topological polar surface area (TPSA) is 17.1 Å². The summed E-state index contributed by atoms with van der Waals surface area (Å²) in [4.78, 5) is 12.0. The lowest BCUT2D eigenvalue weighted by Gasteiger charge is -2.13. The summed E-state index contributed by atoms with van der Waals surface area (Å²) in [7, 11) is 0. The first-order valence-corrected chi connectivity index (χ1v) is 6.94. The van der Waals surface area contributed by atoms with Crippen LogP contribution in [0.15, 0.2) is 18.2 Å². The van der Waals surface area contributed by atoms with E-state index < -0.39 is 5.82 Å². The smallest absolute Gasteiger partial charge is 0.166 e. The Bertz CT molecular complexity index is 403. The normalized spacial score (nSPS) is 12.4. The fourth-order valence-corrected chi connectivity index (χ4v) is 2.19. The average Bonchev–Trinajstić information content (AvgIpc) is 2.34. The van der Waals surface area contributed by atoms with Gasteiger partial charge in [0.05, 0.1) is 5.56 Å². The maximum Gasteiger partial charge on any atom is 0.166 e. The van der Waals surface area contributed by atoms with Crippen molar-refractivity contribution in [1.29, 1.82) is 0 Å². The number of carbonyl (C=O) groups excluding carboxylic acids is 1. The summed E-state index contributed by atoms with van der Waals surface area (Å²) < 4.78 is 13.6. The minimum atomic E-state index is -0.516. The van der Waals surface area contributed by atoms with Crippen molar-refractivity contribution in [3.63, 3.8) is 0 Å². The number of unbranched alkanes of at least 4 members (excludes halogenated alkanes) is 1. The van der Waals surface area contributed by atoms with Crippen LogP contribution in [0.5, 0.6) is 0 Å². The van der Waals surface area contributed by atoms with Crippen molar-refractivity contribution >= 4 is 17.4 Å². The van der Waals surface area contributed by atoms with Crippen LogP contribution >= 0.6 is 11.6 Å². The van der Waals surface area contributed by atoms with Crippen LogP contribution in [0.3, 0.4) is 0 Å². The fraction of sp³-hybridized carbons (Fsp3) is 0.533. The Hall–Kier alpha value is -0.890. The van der Waals surface area contributed by atoms with Crippen LogP contribution in [0.4, 0.5) is 4.39 Å². The van der Waals surface area contributed by atoms with Crippen LogP contribution in [0, 0.1) is 11.7 Å². The average molecular weight is 271 g/mol. The van der Waals surface area contributed by atoms with Gasteiger partial charge in [-0.2, -0.15) is 0 Å². The molecule has 100 valence electrons. The van der Waals surface area contributed by atoms with Crippen LogP contribution in [-0.4, -0.2) is 5.78 Å². The van der Waals surface area contributed by atoms with Gasteiger partial charge in [0, 0.05) is 11.4 Å². The highest BCUT2D eigenvalue weighted by atomic mass is 35.5. The van der Waals surface area contributed by atoms with Gasteiger partial charge < -0.3 is 0 Å². The van der Waals surface area contributed by atoms with E-state index in [-0.39, 0.29) is 11.3 Å². The van der Waals surface area contributed by atoms with E-state index in [1.807, 2.05) is 0 Å². The second-order valence-corrected chi connectivity index (χ2v) is 5.10. The first-order valence-electron chi connectivity index (χ1n) is 6.56. The maximum absolute atomic E-state index is 13.6. The van der Waals surface area contributed by atoms with Gasteiger partial charge in [-0.15, -0.1) is 0 Å². The molecule has 1 aromatic rings. The molecule has 1 unspecified atom stereocenters. The van der Waals surface area contributed by atoms with Gasteiger partial charge in [-0.3, -0.25) is 4.79 Å². The van der Waals surface area contributed by atoms with E-state index in [0.717, 1.165) is 25.7 Å². The first-order chi connectivity index (χ1) is 8.58. The number of halogens is 2. The highest BCUT2D eigenvalue weighted by molar-refractivity contribution is 6.30. The van der Waals surface area contributed by atoms with Gasteiger partial charge in [0.2, 0.25) is 0 Å². The van der Waals surface area contributed by atoms with Crippen molar-refractivity contribution in [1.82, 2.24) is 0 Å². The van der Waals surface area contributed by atoms with Crippen molar-refractivity contribution in [3.05, 3.63) is 34.6 Å². The third kappa shape index (κ3) is 4.41. The summed E-state index contributed by atoms with van der Waals surface area (Å²) in [5.41, 5.74) is 0.161. The molecule has 0 spiro atoms. The second-order valence-electron chi connectivity index (χ2n) is 4.67. The molecular weight excluding hydrogens is 251 g/mol. The molecule has 1 atom stereocenters. The molecule has 0 amide bonds. The van der Waals surface area contributed by atoms with Gasteiger partial charge in [-0.05, 0) is 24.1 Å². The lowest BCUT2D eigenvalue weighted by atomic mass is 9.91. The molecule has 0 heterocycles. The minimum absolute atomic E-state index is 0.118. The highest BCUT2D eigenvalue weighted by Crippen LogP contribution is 2.22. The lowest BCUT2D eigenvalue weighted by Crippen LogP contribution is -2.10. The van der Waals surface area contributed by atoms with Gasteiger partial charge >= 0.3 is 0 Å². The molecule has 1 rings (SSSR count).